The molecule has 5 rings (SSSR count). The topological polar surface area (TPSA) is 98.7 Å². The van der Waals surface area contributed by atoms with Crippen LogP contribution in [0.1, 0.15) is 38.3 Å². The van der Waals surface area contributed by atoms with Crippen LogP contribution in [0.3, 0.4) is 0 Å². The van der Waals surface area contributed by atoms with Crippen LogP contribution in [0.2, 0.25) is 0 Å². The van der Waals surface area contributed by atoms with Gasteiger partial charge in [-0.25, -0.2) is 4.68 Å². The molecule has 1 aromatic carbocycles. The van der Waals surface area contributed by atoms with Crippen molar-refractivity contribution in [3.63, 3.8) is 0 Å². The number of nitrogen functional groups attached to an aromatic ring is 1. The minimum Gasteiger partial charge on any atom is -0.366 e. The Kier molecular flexibility index (Phi) is 3.19. The average molecular weight is 360 g/mol. The van der Waals surface area contributed by atoms with Crippen molar-refractivity contribution in [2.24, 2.45) is 5.41 Å². The molecule has 136 valence electrons. The summed E-state index contributed by atoms with van der Waals surface area (Å²) < 4.78 is 1.73. The molecule has 7 heteroatoms. The van der Waals surface area contributed by atoms with Crippen LogP contribution in [0.25, 0.3) is 10.9 Å². The SMILES string of the molecule is CC1(C)CC(=O)C2=C(C1)Nc1nc(N)nn1[C@@H]2c1ccnc2ccccc12. The number of fused-ring (bicyclic) bond motifs is 2. The summed E-state index contributed by atoms with van der Waals surface area (Å²) in [6.07, 6.45) is 3.06. The Morgan fingerprint density at radius 2 is 2.04 bits per heavy atom. The van der Waals surface area contributed by atoms with E-state index in [-0.39, 0.29) is 23.2 Å². The van der Waals surface area contributed by atoms with Crippen LogP contribution >= 0.6 is 0 Å². The lowest BCUT2D eigenvalue weighted by Crippen LogP contribution is -2.36. The predicted molar refractivity (Wildman–Crippen MR) is 103 cm³/mol. The zero-order valence-corrected chi connectivity index (χ0v) is 15.2. The monoisotopic (exact) mass is 360 g/mol. The Morgan fingerprint density at radius 3 is 2.89 bits per heavy atom. The highest BCUT2D eigenvalue weighted by Crippen LogP contribution is 2.46. The molecule has 0 fully saturated rings. The molecule has 3 aromatic rings. The van der Waals surface area contributed by atoms with Crippen LogP contribution in [-0.4, -0.2) is 25.5 Å². The molecule has 0 radical (unpaired) electrons. The van der Waals surface area contributed by atoms with Crippen LogP contribution in [-0.2, 0) is 4.79 Å². The van der Waals surface area contributed by atoms with Gasteiger partial charge in [0.1, 0.15) is 6.04 Å². The van der Waals surface area contributed by atoms with Gasteiger partial charge >= 0.3 is 0 Å². The maximum Gasteiger partial charge on any atom is 0.241 e. The maximum absolute atomic E-state index is 13.2. The molecule has 1 atom stereocenters. The van der Waals surface area contributed by atoms with E-state index in [1.54, 1.807) is 10.9 Å². The van der Waals surface area contributed by atoms with Crippen molar-refractivity contribution in [3.8, 4) is 0 Å². The number of Topliss-reactive ketones (excluding diaryl/α,β-unsaturated/α-hetero) is 1. The molecule has 2 aliphatic rings. The van der Waals surface area contributed by atoms with Gasteiger partial charge in [-0.15, -0.1) is 5.10 Å². The molecule has 1 aliphatic heterocycles. The summed E-state index contributed by atoms with van der Waals surface area (Å²) in [5.41, 5.74) is 9.33. The third-order valence-electron chi connectivity index (χ3n) is 5.33. The number of aromatic nitrogens is 4. The number of nitrogens with two attached hydrogens (primary N) is 1. The summed E-state index contributed by atoms with van der Waals surface area (Å²) in [5, 5.41) is 8.69. The molecule has 7 nitrogen and oxygen atoms in total. The van der Waals surface area contributed by atoms with Gasteiger partial charge in [-0.1, -0.05) is 32.0 Å². The second kappa shape index (κ2) is 5.39. The molecule has 1 aliphatic carbocycles. The fraction of sp³-hybridized carbons (Fsp3) is 0.300. The van der Waals surface area contributed by atoms with Gasteiger partial charge < -0.3 is 11.1 Å². The van der Waals surface area contributed by atoms with Crippen molar-refractivity contribution in [2.45, 2.75) is 32.7 Å². The minimum absolute atomic E-state index is 0.0957. The summed E-state index contributed by atoms with van der Waals surface area (Å²) in [7, 11) is 0. The molecule has 3 heterocycles. The summed E-state index contributed by atoms with van der Waals surface area (Å²) in [6.45, 7) is 4.22. The highest BCUT2D eigenvalue weighted by atomic mass is 16.1. The largest absolute Gasteiger partial charge is 0.366 e. The number of hydrogen-bond donors (Lipinski definition) is 2. The smallest absolute Gasteiger partial charge is 0.241 e. The molecule has 0 amide bonds. The summed E-state index contributed by atoms with van der Waals surface area (Å²) in [5.74, 6) is 0.898. The fourth-order valence-electron chi connectivity index (χ4n) is 4.27. The van der Waals surface area contributed by atoms with Crippen LogP contribution in [0.15, 0.2) is 47.8 Å². The number of carbonyl (C=O) groups is 1. The number of para-hydroxylation sites is 1. The Morgan fingerprint density at radius 1 is 1.22 bits per heavy atom. The van der Waals surface area contributed by atoms with Gasteiger partial charge in [0.25, 0.3) is 0 Å². The van der Waals surface area contributed by atoms with Crippen molar-refractivity contribution in [1.29, 1.82) is 0 Å². The van der Waals surface area contributed by atoms with E-state index >= 15 is 0 Å². The van der Waals surface area contributed by atoms with Gasteiger partial charge in [0, 0.05) is 29.3 Å². The van der Waals surface area contributed by atoms with Crippen LogP contribution < -0.4 is 11.1 Å². The van der Waals surface area contributed by atoms with Crippen molar-refractivity contribution in [1.82, 2.24) is 19.7 Å². The number of benzene rings is 1. The van der Waals surface area contributed by atoms with E-state index < -0.39 is 0 Å². The third kappa shape index (κ3) is 2.42. The Bertz CT molecular complexity index is 1120. The van der Waals surface area contributed by atoms with E-state index in [0.29, 0.717) is 12.4 Å². The average Bonchev–Trinajstić information content (AvgIpc) is 2.98. The van der Waals surface area contributed by atoms with E-state index in [4.69, 9.17) is 5.73 Å². The number of pyridine rings is 1. The Balaban J connectivity index is 1.80. The number of hydrogen-bond acceptors (Lipinski definition) is 6. The molecule has 27 heavy (non-hydrogen) atoms. The molecular formula is C20H20N6O. The van der Waals surface area contributed by atoms with E-state index in [1.807, 2.05) is 30.3 Å². The Labute approximate surface area is 156 Å². The summed E-state index contributed by atoms with van der Waals surface area (Å²) in [4.78, 5) is 22.0. The van der Waals surface area contributed by atoms with Crippen LogP contribution in [0, 0.1) is 5.41 Å². The van der Waals surface area contributed by atoms with E-state index in [2.05, 4.69) is 34.2 Å². The van der Waals surface area contributed by atoms with Gasteiger partial charge in [0.05, 0.1) is 5.52 Å². The standard InChI is InChI=1S/C20H20N6O/c1-20(2)9-14-16(15(27)10-20)17(26-19(23-14)24-18(21)25-26)12-7-8-22-13-6-4-3-5-11(12)13/h3-8,17H,9-10H2,1-2H3,(H3,21,23,24,25)/t17-/m1/s1. The number of anilines is 2. The first-order valence-electron chi connectivity index (χ1n) is 9.02. The Hall–Kier alpha value is -3.22. The van der Waals surface area contributed by atoms with Gasteiger partial charge in [-0.05, 0) is 29.5 Å². The first-order valence-corrected chi connectivity index (χ1v) is 9.02. The second-order valence-corrected chi connectivity index (χ2v) is 8.02. The number of allylic oxidation sites excluding steroid dienone is 2. The van der Waals surface area contributed by atoms with E-state index in [1.165, 1.54) is 0 Å². The first-order chi connectivity index (χ1) is 12.9. The molecule has 0 bridgehead atoms. The number of carbonyl (C=O) groups excluding carboxylic acids is 1. The van der Waals surface area contributed by atoms with Gasteiger partial charge in [-0.3, -0.25) is 9.78 Å². The van der Waals surface area contributed by atoms with Gasteiger partial charge in [0.15, 0.2) is 5.78 Å². The zero-order chi connectivity index (χ0) is 18.8. The van der Waals surface area contributed by atoms with Crippen LogP contribution in [0.5, 0.6) is 0 Å². The van der Waals surface area contributed by atoms with Gasteiger partial charge in [-0.2, -0.15) is 4.98 Å². The van der Waals surface area contributed by atoms with E-state index in [9.17, 15) is 4.79 Å². The summed E-state index contributed by atoms with van der Waals surface area (Å²) in [6, 6.07) is 9.52. The normalized spacial score (nSPS) is 21.0. The maximum atomic E-state index is 13.2. The number of nitrogens with zero attached hydrogens (tertiary/aromatic N) is 4. The lowest BCUT2D eigenvalue weighted by molar-refractivity contribution is -0.118. The molecule has 3 N–H and O–H groups in total. The first kappa shape index (κ1) is 16.0. The third-order valence-corrected chi connectivity index (χ3v) is 5.33. The van der Waals surface area contributed by atoms with E-state index in [0.717, 1.165) is 34.2 Å². The van der Waals surface area contributed by atoms with Crippen molar-refractivity contribution >= 4 is 28.6 Å². The molecule has 0 saturated heterocycles. The summed E-state index contributed by atoms with van der Waals surface area (Å²) >= 11 is 0. The highest BCUT2D eigenvalue weighted by Gasteiger charge is 2.42. The van der Waals surface area contributed by atoms with Gasteiger partial charge in [0.2, 0.25) is 11.9 Å². The molecular weight excluding hydrogens is 340 g/mol. The number of nitrogens with one attached hydrogen (secondary N) is 1. The lowest BCUT2D eigenvalue weighted by atomic mass is 9.73. The predicted octanol–water partition coefficient (Wildman–Crippen LogP) is 3.07. The molecule has 0 unspecified atom stereocenters. The lowest BCUT2D eigenvalue weighted by Gasteiger charge is -2.38. The number of ketones is 1. The van der Waals surface area contributed by atoms with Crippen molar-refractivity contribution in [3.05, 3.63) is 53.4 Å². The van der Waals surface area contributed by atoms with Crippen molar-refractivity contribution < 1.29 is 4.79 Å². The zero-order valence-electron chi connectivity index (χ0n) is 15.2. The van der Waals surface area contributed by atoms with Crippen LogP contribution in [0.4, 0.5) is 11.9 Å². The minimum atomic E-state index is -0.363. The molecule has 2 aromatic heterocycles. The molecule has 0 spiro atoms. The fourth-order valence-corrected chi connectivity index (χ4v) is 4.27. The molecule has 0 saturated carbocycles. The second-order valence-electron chi connectivity index (χ2n) is 8.02. The highest BCUT2D eigenvalue weighted by molar-refractivity contribution is 6.01. The quantitative estimate of drug-likeness (QED) is 0.692. The number of rotatable bonds is 1. The van der Waals surface area contributed by atoms with Crippen molar-refractivity contribution in [2.75, 3.05) is 11.1 Å².